The Kier molecular flexibility index (Phi) is 5.84. The molecule has 7 heteroatoms. The maximum absolute atomic E-state index is 13.0. The normalized spacial score (nSPS) is 19.7. The average molecular weight is 428 g/mol. The molecule has 0 saturated carbocycles. The molecule has 0 aromatic heterocycles. The van der Waals surface area contributed by atoms with Crippen LogP contribution in [0.15, 0.2) is 53.4 Å². The molecule has 0 radical (unpaired) electrons. The second kappa shape index (κ2) is 8.40. The Hall–Kier alpha value is -2.38. The molecule has 0 spiro atoms. The lowest BCUT2D eigenvalue weighted by Gasteiger charge is -2.34. The SMILES string of the molecule is C[C@@H]1Cc2cc(S(N)(=O)=O)ccc2N1CC(=O)N1CCC(Cc2ccccc2)CC1. The predicted octanol–water partition coefficient (Wildman–Crippen LogP) is 2.57. The fraction of sp³-hybridized carbons (Fsp3) is 0.435. The molecule has 0 bridgehead atoms. The van der Waals surface area contributed by atoms with Crippen molar-refractivity contribution in [3.8, 4) is 0 Å². The highest BCUT2D eigenvalue weighted by molar-refractivity contribution is 7.89. The lowest BCUT2D eigenvalue weighted by atomic mass is 9.90. The van der Waals surface area contributed by atoms with Gasteiger partial charge in [0, 0.05) is 24.8 Å². The summed E-state index contributed by atoms with van der Waals surface area (Å²) in [7, 11) is -3.72. The molecule has 2 N–H and O–H groups in total. The number of piperidine rings is 1. The van der Waals surface area contributed by atoms with E-state index in [0.717, 1.165) is 43.6 Å². The summed E-state index contributed by atoms with van der Waals surface area (Å²) in [4.78, 5) is 17.2. The first-order chi connectivity index (χ1) is 14.3. The number of nitrogens with two attached hydrogens (primary N) is 1. The van der Waals surface area contributed by atoms with Crippen molar-refractivity contribution in [3.05, 3.63) is 59.7 Å². The highest BCUT2D eigenvalue weighted by Gasteiger charge is 2.31. The molecule has 2 aromatic carbocycles. The summed E-state index contributed by atoms with van der Waals surface area (Å²) in [5.41, 5.74) is 3.23. The minimum Gasteiger partial charge on any atom is -0.359 e. The lowest BCUT2D eigenvalue weighted by Crippen LogP contribution is -2.45. The molecule has 6 nitrogen and oxygen atoms in total. The van der Waals surface area contributed by atoms with E-state index in [0.29, 0.717) is 18.9 Å². The van der Waals surface area contributed by atoms with Gasteiger partial charge >= 0.3 is 0 Å². The lowest BCUT2D eigenvalue weighted by molar-refractivity contribution is -0.131. The number of primary sulfonamides is 1. The maximum Gasteiger partial charge on any atom is 0.242 e. The fourth-order valence-electron chi connectivity index (χ4n) is 4.67. The quantitative estimate of drug-likeness (QED) is 0.795. The van der Waals surface area contributed by atoms with Crippen LogP contribution in [-0.4, -0.2) is 44.9 Å². The van der Waals surface area contributed by atoms with Gasteiger partial charge in [0.25, 0.3) is 0 Å². The summed E-state index contributed by atoms with van der Waals surface area (Å²) in [5.74, 6) is 0.767. The molecule has 1 saturated heterocycles. The monoisotopic (exact) mass is 427 g/mol. The van der Waals surface area contributed by atoms with Crippen LogP contribution in [0.2, 0.25) is 0 Å². The number of sulfonamides is 1. The van der Waals surface area contributed by atoms with Crippen molar-refractivity contribution in [2.75, 3.05) is 24.5 Å². The van der Waals surface area contributed by atoms with E-state index >= 15 is 0 Å². The number of likely N-dealkylation sites (tertiary alicyclic amines) is 1. The van der Waals surface area contributed by atoms with Gasteiger partial charge in [0.05, 0.1) is 11.4 Å². The van der Waals surface area contributed by atoms with Crippen molar-refractivity contribution < 1.29 is 13.2 Å². The van der Waals surface area contributed by atoms with Crippen LogP contribution in [0.5, 0.6) is 0 Å². The van der Waals surface area contributed by atoms with Crippen molar-refractivity contribution in [1.82, 2.24) is 4.90 Å². The third-order valence-corrected chi connectivity index (χ3v) is 7.29. The van der Waals surface area contributed by atoms with Crippen LogP contribution in [0.1, 0.15) is 30.9 Å². The van der Waals surface area contributed by atoms with Crippen LogP contribution >= 0.6 is 0 Å². The van der Waals surface area contributed by atoms with Gasteiger partial charge in [-0.3, -0.25) is 4.79 Å². The summed E-state index contributed by atoms with van der Waals surface area (Å²) in [6, 6.07) is 15.6. The molecule has 2 heterocycles. The van der Waals surface area contributed by atoms with Crippen molar-refractivity contribution >= 4 is 21.6 Å². The van der Waals surface area contributed by atoms with Gasteiger partial charge < -0.3 is 9.80 Å². The van der Waals surface area contributed by atoms with E-state index in [9.17, 15) is 13.2 Å². The van der Waals surface area contributed by atoms with E-state index in [1.807, 2.05) is 11.0 Å². The fourth-order valence-corrected chi connectivity index (χ4v) is 5.23. The van der Waals surface area contributed by atoms with Gasteiger partial charge in [0.15, 0.2) is 0 Å². The molecule has 0 aliphatic carbocycles. The Labute approximate surface area is 178 Å². The van der Waals surface area contributed by atoms with Crippen LogP contribution in [-0.2, 0) is 27.7 Å². The first-order valence-corrected chi connectivity index (χ1v) is 12.1. The molecule has 1 atom stereocenters. The van der Waals surface area contributed by atoms with Crippen LogP contribution in [0.4, 0.5) is 5.69 Å². The Morgan fingerprint density at radius 1 is 1.10 bits per heavy atom. The maximum atomic E-state index is 13.0. The van der Waals surface area contributed by atoms with E-state index in [4.69, 9.17) is 5.14 Å². The summed E-state index contributed by atoms with van der Waals surface area (Å²) in [6.45, 7) is 3.99. The summed E-state index contributed by atoms with van der Waals surface area (Å²) in [6.07, 6.45) is 3.85. The predicted molar refractivity (Wildman–Crippen MR) is 118 cm³/mol. The summed E-state index contributed by atoms with van der Waals surface area (Å²) < 4.78 is 23.3. The number of anilines is 1. The minimum absolute atomic E-state index is 0.127. The van der Waals surface area contributed by atoms with E-state index in [1.165, 1.54) is 11.6 Å². The number of carbonyl (C=O) groups is 1. The van der Waals surface area contributed by atoms with Gasteiger partial charge in [-0.05, 0) is 67.9 Å². The second-order valence-corrected chi connectivity index (χ2v) is 10.1. The molecule has 30 heavy (non-hydrogen) atoms. The molecule has 1 amide bonds. The van der Waals surface area contributed by atoms with Gasteiger partial charge in [-0.1, -0.05) is 30.3 Å². The minimum atomic E-state index is -3.72. The van der Waals surface area contributed by atoms with E-state index in [1.54, 1.807) is 12.1 Å². The average Bonchev–Trinajstić information content (AvgIpc) is 3.03. The van der Waals surface area contributed by atoms with Crippen LogP contribution in [0.3, 0.4) is 0 Å². The Bertz CT molecular complexity index is 1020. The molecule has 0 unspecified atom stereocenters. The molecule has 160 valence electrons. The Morgan fingerprint density at radius 3 is 2.47 bits per heavy atom. The Morgan fingerprint density at radius 2 is 1.80 bits per heavy atom. The van der Waals surface area contributed by atoms with Crippen LogP contribution < -0.4 is 10.0 Å². The zero-order valence-corrected chi connectivity index (χ0v) is 18.1. The van der Waals surface area contributed by atoms with Crippen LogP contribution in [0.25, 0.3) is 0 Å². The molecule has 4 rings (SSSR count). The first-order valence-electron chi connectivity index (χ1n) is 10.6. The number of benzene rings is 2. The van der Waals surface area contributed by atoms with Crippen molar-refractivity contribution in [3.63, 3.8) is 0 Å². The number of nitrogens with zero attached hydrogens (tertiary/aromatic N) is 2. The zero-order chi connectivity index (χ0) is 21.3. The van der Waals surface area contributed by atoms with Crippen molar-refractivity contribution in [2.45, 2.75) is 43.5 Å². The number of rotatable bonds is 5. The number of fused-ring (bicyclic) bond motifs is 1. The first kappa shape index (κ1) is 20.9. The molecular formula is C23H29N3O3S. The second-order valence-electron chi connectivity index (χ2n) is 8.53. The number of carbonyl (C=O) groups excluding carboxylic acids is 1. The van der Waals surface area contributed by atoms with Gasteiger partial charge in [0.2, 0.25) is 15.9 Å². The zero-order valence-electron chi connectivity index (χ0n) is 17.3. The highest BCUT2D eigenvalue weighted by Crippen LogP contribution is 2.33. The summed E-state index contributed by atoms with van der Waals surface area (Å²) >= 11 is 0. The van der Waals surface area contributed by atoms with E-state index in [-0.39, 0.29) is 16.8 Å². The van der Waals surface area contributed by atoms with E-state index in [2.05, 4.69) is 36.1 Å². The highest BCUT2D eigenvalue weighted by atomic mass is 32.2. The van der Waals surface area contributed by atoms with Gasteiger partial charge in [0.1, 0.15) is 0 Å². The van der Waals surface area contributed by atoms with Gasteiger partial charge in [-0.25, -0.2) is 13.6 Å². The third kappa shape index (κ3) is 4.52. The van der Waals surface area contributed by atoms with Gasteiger partial charge in [-0.2, -0.15) is 0 Å². The smallest absolute Gasteiger partial charge is 0.242 e. The number of amides is 1. The topological polar surface area (TPSA) is 83.7 Å². The third-order valence-electron chi connectivity index (χ3n) is 6.38. The molecular weight excluding hydrogens is 398 g/mol. The van der Waals surface area contributed by atoms with Crippen LogP contribution in [0, 0.1) is 5.92 Å². The molecule has 2 aromatic rings. The van der Waals surface area contributed by atoms with Crippen molar-refractivity contribution in [1.29, 1.82) is 0 Å². The molecule has 2 aliphatic heterocycles. The number of hydrogen-bond acceptors (Lipinski definition) is 4. The van der Waals surface area contributed by atoms with Gasteiger partial charge in [-0.15, -0.1) is 0 Å². The number of hydrogen-bond donors (Lipinski definition) is 1. The molecule has 2 aliphatic rings. The van der Waals surface area contributed by atoms with E-state index < -0.39 is 10.0 Å². The standard InChI is InChI=1S/C23H29N3O3S/c1-17-13-20-15-21(30(24,28)29)7-8-22(20)26(17)16-23(27)25-11-9-19(10-12-25)14-18-5-3-2-4-6-18/h2-8,15,17,19H,9-14,16H2,1H3,(H2,24,28,29)/t17-/m1/s1. The Balaban J connectivity index is 1.36. The molecule has 1 fully saturated rings. The van der Waals surface area contributed by atoms with Crippen molar-refractivity contribution in [2.24, 2.45) is 11.1 Å². The largest absolute Gasteiger partial charge is 0.359 e. The summed E-state index contributed by atoms with van der Waals surface area (Å²) in [5, 5.41) is 5.26.